The van der Waals surface area contributed by atoms with Gasteiger partial charge in [0, 0.05) is 32.0 Å². The Morgan fingerprint density at radius 3 is 2.13 bits per heavy atom. The summed E-state index contributed by atoms with van der Waals surface area (Å²) < 4.78 is 0. The number of thiocarbonyl (C=S) groups is 1. The summed E-state index contributed by atoms with van der Waals surface area (Å²) in [4.78, 5) is 19.0. The molecule has 0 atom stereocenters. The van der Waals surface area contributed by atoms with Crippen LogP contribution in [0.15, 0.2) is 101 Å². The van der Waals surface area contributed by atoms with Crippen LogP contribution in [0.5, 0.6) is 0 Å². The Morgan fingerprint density at radius 1 is 0.684 bits per heavy atom. The van der Waals surface area contributed by atoms with E-state index in [4.69, 9.17) is 12.2 Å². The molecular formula is C34H33NOS2. The Labute approximate surface area is 236 Å². The van der Waals surface area contributed by atoms with Crippen LogP contribution in [0.4, 0.5) is 0 Å². The molecule has 4 heteroatoms. The predicted molar refractivity (Wildman–Crippen MR) is 164 cm³/mol. The van der Waals surface area contributed by atoms with E-state index in [1.807, 2.05) is 60.7 Å². The van der Waals surface area contributed by atoms with Crippen molar-refractivity contribution >= 4 is 34.6 Å². The summed E-state index contributed by atoms with van der Waals surface area (Å²) in [5.74, 6) is 0.0476. The fraction of sp³-hybridized carbons (Fsp3) is 0.235. The molecule has 0 aliphatic heterocycles. The van der Waals surface area contributed by atoms with Crippen LogP contribution in [0.1, 0.15) is 58.3 Å². The summed E-state index contributed by atoms with van der Waals surface area (Å²) in [6, 6.07) is 30.9. The number of carbonyl (C=O) groups is 1. The van der Waals surface area contributed by atoms with Gasteiger partial charge in [0.1, 0.15) is 0 Å². The van der Waals surface area contributed by atoms with Crippen LogP contribution in [-0.2, 0) is 6.42 Å². The van der Waals surface area contributed by atoms with E-state index in [-0.39, 0.29) is 5.78 Å². The first-order valence-corrected chi connectivity index (χ1v) is 14.6. The zero-order chi connectivity index (χ0) is 26.5. The predicted octanol–water partition coefficient (Wildman–Crippen LogP) is 8.48. The van der Waals surface area contributed by atoms with E-state index >= 15 is 0 Å². The fourth-order valence-electron chi connectivity index (χ4n) is 5.12. The van der Waals surface area contributed by atoms with Crippen molar-refractivity contribution < 1.29 is 4.79 Å². The molecule has 0 radical (unpaired) electrons. The number of hydrogen-bond donors (Lipinski definition) is 0. The Hall–Kier alpha value is -3.05. The van der Waals surface area contributed by atoms with Crippen molar-refractivity contribution in [2.75, 3.05) is 20.6 Å². The van der Waals surface area contributed by atoms with Gasteiger partial charge in [-0.25, -0.2) is 0 Å². The molecule has 0 aromatic heterocycles. The minimum Gasteiger partial charge on any atom is -0.309 e. The standard InChI is InChI=1S/C34H33NOS2/c1-35(2)23-9-4-3-6-12-24-19-21-26(22-20-24)38-30-18-11-16-28-32(30)34(37)29-17-10-15-27(31(29)33(28)36)25-13-7-5-8-14-25/h5,7-8,10-11,13-22H,3-4,6,9,12,23H2,1-2H3. The Morgan fingerprint density at radius 2 is 1.37 bits per heavy atom. The molecule has 1 aliphatic carbocycles. The van der Waals surface area contributed by atoms with Gasteiger partial charge in [0.2, 0.25) is 0 Å². The number of hydrogen-bond acceptors (Lipinski definition) is 4. The average Bonchev–Trinajstić information content (AvgIpc) is 2.94. The molecule has 0 heterocycles. The number of ketones is 1. The van der Waals surface area contributed by atoms with Gasteiger partial charge < -0.3 is 4.90 Å². The van der Waals surface area contributed by atoms with Crippen LogP contribution in [0.25, 0.3) is 11.1 Å². The molecule has 0 spiro atoms. The second-order valence-electron chi connectivity index (χ2n) is 10.1. The van der Waals surface area contributed by atoms with Crippen molar-refractivity contribution in [2.24, 2.45) is 0 Å². The van der Waals surface area contributed by atoms with Gasteiger partial charge >= 0.3 is 0 Å². The van der Waals surface area contributed by atoms with E-state index in [0.29, 0.717) is 11.1 Å². The molecule has 38 heavy (non-hydrogen) atoms. The third-order valence-corrected chi connectivity index (χ3v) is 8.58. The number of fused-ring (bicyclic) bond motifs is 2. The van der Waals surface area contributed by atoms with E-state index < -0.39 is 0 Å². The Balaban J connectivity index is 1.33. The second kappa shape index (κ2) is 12.2. The van der Waals surface area contributed by atoms with E-state index in [9.17, 15) is 4.79 Å². The maximum Gasteiger partial charge on any atom is 0.195 e. The summed E-state index contributed by atoms with van der Waals surface area (Å²) in [7, 11) is 4.27. The van der Waals surface area contributed by atoms with Gasteiger partial charge in [0.15, 0.2) is 5.78 Å². The Kier molecular flexibility index (Phi) is 8.53. The van der Waals surface area contributed by atoms with Crippen LogP contribution in [-0.4, -0.2) is 36.2 Å². The summed E-state index contributed by atoms with van der Waals surface area (Å²) in [6.07, 6.45) is 6.19. The van der Waals surface area contributed by atoms with E-state index in [1.54, 1.807) is 11.8 Å². The normalized spacial score (nSPS) is 12.5. The van der Waals surface area contributed by atoms with Gasteiger partial charge in [-0.15, -0.1) is 0 Å². The topological polar surface area (TPSA) is 20.3 Å². The average molecular weight is 536 g/mol. The molecule has 4 aromatic carbocycles. The van der Waals surface area contributed by atoms with E-state index in [0.717, 1.165) is 43.3 Å². The van der Waals surface area contributed by atoms with Gasteiger partial charge in [0.05, 0.1) is 4.86 Å². The van der Waals surface area contributed by atoms with Crippen LogP contribution >= 0.6 is 24.0 Å². The van der Waals surface area contributed by atoms with Crippen molar-refractivity contribution in [1.82, 2.24) is 4.90 Å². The molecule has 0 saturated carbocycles. The minimum absolute atomic E-state index is 0.0476. The van der Waals surface area contributed by atoms with Crippen molar-refractivity contribution in [3.05, 3.63) is 119 Å². The lowest BCUT2D eigenvalue weighted by Crippen LogP contribution is -2.22. The zero-order valence-corrected chi connectivity index (χ0v) is 23.7. The zero-order valence-electron chi connectivity index (χ0n) is 22.1. The molecule has 1 aliphatic rings. The SMILES string of the molecule is CN(C)CCCCCCc1ccc(Sc2cccc3c2C(=S)c2cccc(-c4ccccc4)c2C3=O)cc1. The summed E-state index contributed by atoms with van der Waals surface area (Å²) in [6.45, 7) is 1.17. The lowest BCUT2D eigenvalue weighted by molar-refractivity contribution is 0.103. The summed E-state index contributed by atoms with van der Waals surface area (Å²) in [5, 5.41) is 0. The number of aryl methyl sites for hydroxylation is 1. The highest BCUT2D eigenvalue weighted by Crippen LogP contribution is 2.40. The molecular weight excluding hydrogens is 503 g/mol. The largest absolute Gasteiger partial charge is 0.309 e. The van der Waals surface area contributed by atoms with Gasteiger partial charge in [-0.1, -0.05) is 110 Å². The molecule has 0 fully saturated rings. The van der Waals surface area contributed by atoms with Gasteiger partial charge in [-0.3, -0.25) is 4.79 Å². The Bertz CT molecular complexity index is 1440. The third kappa shape index (κ3) is 5.83. The highest BCUT2D eigenvalue weighted by atomic mass is 32.2. The van der Waals surface area contributed by atoms with E-state index in [1.165, 1.54) is 37.8 Å². The number of nitrogens with zero attached hydrogens (tertiary/aromatic N) is 1. The molecule has 0 amide bonds. The lowest BCUT2D eigenvalue weighted by atomic mass is 9.81. The number of benzene rings is 4. The first-order chi connectivity index (χ1) is 18.5. The maximum atomic E-state index is 13.8. The van der Waals surface area contributed by atoms with Crippen molar-refractivity contribution in [3.8, 4) is 11.1 Å². The number of rotatable bonds is 10. The number of carbonyl (C=O) groups excluding carboxylic acids is 1. The summed E-state index contributed by atoms with van der Waals surface area (Å²) >= 11 is 7.71. The fourth-order valence-corrected chi connectivity index (χ4v) is 6.56. The minimum atomic E-state index is 0.0476. The quantitative estimate of drug-likeness (QED) is 0.132. The van der Waals surface area contributed by atoms with Crippen molar-refractivity contribution in [1.29, 1.82) is 0 Å². The van der Waals surface area contributed by atoms with Crippen LogP contribution in [0.3, 0.4) is 0 Å². The summed E-state index contributed by atoms with van der Waals surface area (Å²) in [5.41, 5.74) is 6.50. The van der Waals surface area contributed by atoms with Crippen molar-refractivity contribution in [3.63, 3.8) is 0 Å². The first-order valence-electron chi connectivity index (χ1n) is 13.4. The molecule has 5 rings (SSSR count). The highest BCUT2D eigenvalue weighted by molar-refractivity contribution is 7.99. The molecule has 0 bridgehead atoms. The molecule has 4 aromatic rings. The molecule has 2 nitrogen and oxygen atoms in total. The van der Waals surface area contributed by atoms with Crippen molar-refractivity contribution in [2.45, 2.75) is 41.9 Å². The smallest absolute Gasteiger partial charge is 0.195 e. The van der Waals surface area contributed by atoms with Crippen LogP contribution < -0.4 is 0 Å². The van der Waals surface area contributed by atoms with Gasteiger partial charge in [-0.2, -0.15) is 0 Å². The molecule has 0 N–H and O–H groups in total. The molecule has 0 saturated heterocycles. The molecule has 192 valence electrons. The maximum absolute atomic E-state index is 13.8. The lowest BCUT2D eigenvalue weighted by Gasteiger charge is -2.24. The third-order valence-electron chi connectivity index (χ3n) is 7.09. The van der Waals surface area contributed by atoms with Crippen LogP contribution in [0.2, 0.25) is 0 Å². The molecule has 0 unspecified atom stereocenters. The number of unbranched alkanes of at least 4 members (excludes halogenated alkanes) is 3. The van der Waals surface area contributed by atoms with Gasteiger partial charge in [-0.05, 0) is 74.8 Å². The van der Waals surface area contributed by atoms with Crippen LogP contribution in [0, 0.1) is 0 Å². The van der Waals surface area contributed by atoms with Gasteiger partial charge in [0.25, 0.3) is 0 Å². The van der Waals surface area contributed by atoms with E-state index in [2.05, 4.69) is 49.3 Å². The monoisotopic (exact) mass is 535 g/mol. The first kappa shape index (κ1) is 26.6. The highest BCUT2D eigenvalue weighted by Gasteiger charge is 2.31. The second-order valence-corrected chi connectivity index (χ2v) is 11.7.